The van der Waals surface area contributed by atoms with Crippen LogP contribution in [0.25, 0.3) is 0 Å². The average molecular weight is 280 g/mol. The van der Waals surface area contributed by atoms with Crippen molar-refractivity contribution in [3.63, 3.8) is 0 Å². The van der Waals surface area contributed by atoms with Gasteiger partial charge in [-0.05, 0) is 51.4 Å². The van der Waals surface area contributed by atoms with Gasteiger partial charge < -0.3 is 9.73 Å². The molecule has 1 heterocycles. The van der Waals surface area contributed by atoms with Gasteiger partial charge in [0, 0.05) is 6.04 Å². The minimum Gasteiger partial charge on any atom is -0.463 e. The van der Waals surface area contributed by atoms with Gasteiger partial charge in [-0.15, -0.1) is 0 Å². The molecule has 1 aromatic rings. The largest absolute Gasteiger partial charge is 0.463 e. The molecular formula is C17H32N2O. The Kier molecular flexibility index (Phi) is 7.93. The van der Waals surface area contributed by atoms with Crippen molar-refractivity contribution in [1.29, 1.82) is 0 Å². The molecule has 0 radical (unpaired) electrons. The van der Waals surface area contributed by atoms with Gasteiger partial charge in [-0.3, -0.25) is 4.90 Å². The van der Waals surface area contributed by atoms with Crippen molar-refractivity contribution in [3.05, 3.63) is 23.2 Å². The highest BCUT2D eigenvalue weighted by molar-refractivity contribution is 5.20. The van der Waals surface area contributed by atoms with Crippen LogP contribution in [-0.4, -0.2) is 24.0 Å². The minimum absolute atomic E-state index is 0.615. The van der Waals surface area contributed by atoms with E-state index in [9.17, 15) is 0 Å². The average Bonchev–Trinajstić information content (AvgIpc) is 2.80. The second-order valence-electron chi connectivity index (χ2n) is 5.68. The smallest absolute Gasteiger partial charge is 0.120 e. The lowest BCUT2D eigenvalue weighted by atomic mass is 10.2. The summed E-state index contributed by atoms with van der Waals surface area (Å²) in [6.07, 6.45) is 3.69. The Bertz CT molecular complexity index is 373. The highest BCUT2D eigenvalue weighted by Crippen LogP contribution is 2.18. The van der Waals surface area contributed by atoms with E-state index < -0.39 is 0 Å². The molecular weight excluding hydrogens is 248 g/mol. The van der Waals surface area contributed by atoms with Crippen LogP contribution >= 0.6 is 0 Å². The number of unbranched alkanes of at least 4 members (excludes halogenated alkanes) is 1. The number of nitrogens with one attached hydrogen (secondary N) is 1. The first-order chi connectivity index (χ1) is 9.62. The summed E-state index contributed by atoms with van der Waals surface area (Å²) in [6, 6.07) is 2.82. The lowest BCUT2D eigenvalue weighted by molar-refractivity contribution is 0.176. The van der Waals surface area contributed by atoms with Gasteiger partial charge in [0.25, 0.3) is 0 Å². The molecule has 0 bridgehead atoms. The zero-order valence-corrected chi connectivity index (χ0v) is 14.0. The molecule has 0 aliphatic rings. The number of rotatable bonds is 10. The van der Waals surface area contributed by atoms with Crippen molar-refractivity contribution >= 4 is 0 Å². The van der Waals surface area contributed by atoms with Gasteiger partial charge in [0.15, 0.2) is 0 Å². The highest BCUT2D eigenvalue weighted by Gasteiger charge is 2.15. The molecule has 0 spiro atoms. The van der Waals surface area contributed by atoms with E-state index in [1.807, 2.05) is 0 Å². The molecule has 1 rings (SSSR count). The minimum atomic E-state index is 0.615. The molecule has 3 nitrogen and oxygen atoms in total. The molecule has 0 aliphatic carbocycles. The summed E-state index contributed by atoms with van der Waals surface area (Å²) in [4.78, 5) is 2.54. The number of aryl methyl sites for hydroxylation is 1. The van der Waals surface area contributed by atoms with Gasteiger partial charge in [0.2, 0.25) is 0 Å². The Hall–Kier alpha value is -0.800. The van der Waals surface area contributed by atoms with Gasteiger partial charge in [-0.25, -0.2) is 0 Å². The van der Waals surface area contributed by atoms with Crippen LogP contribution in [0.2, 0.25) is 0 Å². The van der Waals surface area contributed by atoms with Gasteiger partial charge in [-0.1, -0.05) is 27.2 Å². The zero-order chi connectivity index (χ0) is 15.0. The third-order valence-electron chi connectivity index (χ3n) is 3.98. The maximum absolute atomic E-state index is 6.02. The molecule has 116 valence electrons. The van der Waals surface area contributed by atoms with E-state index in [0.717, 1.165) is 37.7 Å². The van der Waals surface area contributed by atoms with E-state index in [1.165, 1.54) is 24.8 Å². The van der Waals surface area contributed by atoms with Crippen molar-refractivity contribution in [1.82, 2.24) is 10.2 Å². The van der Waals surface area contributed by atoms with Gasteiger partial charge in [-0.2, -0.15) is 0 Å². The van der Waals surface area contributed by atoms with Crippen LogP contribution in [0.5, 0.6) is 0 Å². The fourth-order valence-corrected chi connectivity index (χ4v) is 2.36. The maximum Gasteiger partial charge on any atom is 0.120 e. The lowest BCUT2D eigenvalue weighted by Crippen LogP contribution is -2.32. The Labute approximate surface area is 124 Å². The second-order valence-corrected chi connectivity index (χ2v) is 5.68. The molecule has 0 fully saturated rings. The Morgan fingerprint density at radius 3 is 2.65 bits per heavy atom. The van der Waals surface area contributed by atoms with Crippen LogP contribution in [0.15, 0.2) is 10.5 Å². The van der Waals surface area contributed by atoms with E-state index in [4.69, 9.17) is 4.42 Å². The first kappa shape index (κ1) is 17.3. The van der Waals surface area contributed by atoms with Gasteiger partial charge in [0.05, 0.1) is 13.1 Å². The predicted octanol–water partition coefficient (Wildman–Crippen LogP) is 4.10. The fourth-order valence-electron chi connectivity index (χ4n) is 2.36. The zero-order valence-electron chi connectivity index (χ0n) is 14.0. The van der Waals surface area contributed by atoms with E-state index in [-0.39, 0.29) is 0 Å². The van der Waals surface area contributed by atoms with Crippen molar-refractivity contribution in [2.24, 2.45) is 0 Å². The first-order valence-electron chi connectivity index (χ1n) is 8.15. The second kappa shape index (κ2) is 9.19. The van der Waals surface area contributed by atoms with Crippen molar-refractivity contribution in [3.8, 4) is 0 Å². The predicted molar refractivity (Wildman–Crippen MR) is 85.9 cm³/mol. The molecule has 0 saturated heterocycles. The summed E-state index contributed by atoms with van der Waals surface area (Å²) in [6.45, 7) is 15.0. The lowest BCUT2D eigenvalue weighted by Gasteiger charge is -2.27. The number of furan rings is 1. The van der Waals surface area contributed by atoms with Crippen molar-refractivity contribution in [2.45, 2.75) is 73.0 Å². The molecule has 1 aromatic heterocycles. The molecule has 1 atom stereocenters. The highest BCUT2D eigenvalue weighted by atomic mass is 16.3. The van der Waals surface area contributed by atoms with E-state index >= 15 is 0 Å². The van der Waals surface area contributed by atoms with Crippen LogP contribution in [0, 0.1) is 6.92 Å². The van der Waals surface area contributed by atoms with E-state index in [0.29, 0.717) is 6.04 Å². The first-order valence-corrected chi connectivity index (χ1v) is 8.15. The molecule has 0 aromatic carbocycles. The van der Waals surface area contributed by atoms with E-state index in [2.05, 4.69) is 50.9 Å². The third kappa shape index (κ3) is 5.29. The molecule has 0 amide bonds. The fraction of sp³-hybridized carbons (Fsp3) is 0.765. The summed E-state index contributed by atoms with van der Waals surface area (Å²) in [7, 11) is 0. The van der Waals surface area contributed by atoms with E-state index in [1.54, 1.807) is 0 Å². The van der Waals surface area contributed by atoms with Gasteiger partial charge in [0.1, 0.15) is 11.5 Å². The Morgan fingerprint density at radius 1 is 1.30 bits per heavy atom. The summed E-state index contributed by atoms with van der Waals surface area (Å²) >= 11 is 0. The molecule has 20 heavy (non-hydrogen) atoms. The van der Waals surface area contributed by atoms with Crippen LogP contribution in [-0.2, 0) is 13.1 Å². The molecule has 3 heteroatoms. The standard InChI is InChI=1S/C17H32N2O/c1-6-9-10-19(15(5)7-2)13-16-11-14(4)17(20-16)12-18-8-3/h11,15,18H,6-10,12-13H2,1-5H3. The van der Waals surface area contributed by atoms with Crippen LogP contribution in [0.1, 0.15) is 64.0 Å². The SMILES string of the molecule is CCCCN(Cc1cc(C)c(CNCC)o1)C(C)CC. The summed E-state index contributed by atoms with van der Waals surface area (Å²) in [5.41, 5.74) is 1.26. The summed E-state index contributed by atoms with van der Waals surface area (Å²) in [5.74, 6) is 2.19. The Balaban J connectivity index is 2.67. The quantitative estimate of drug-likeness (QED) is 0.699. The van der Waals surface area contributed by atoms with Crippen molar-refractivity contribution in [2.75, 3.05) is 13.1 Å². The molecule has 1 unspecified atom stereocenters. The van der Waals surface area contributed by atoms with Crippen molar-refractivity contribution < 1.29 is 4.42 Å². The number of nitrogens with zero attached hydrogens (tertiary/aromatic N) is 1. The number of hydrogen-bond acceptors (Lipinski definition) is 3. The number of hydrogen-bond donors (Lipinski definition) is 1. The summed E-state index contributed by atoms with van der Waals surface area (Å²) < 4.78 is 6.02. The topological polar surface area (TPSA) is 28.4 Å². The normalized spacial score (nSPS) is 13.1. The third-order valence-corrected chi connectivity index (χ3v) is 3.98. The summed E-state index contributed by atoms with van der Waals surface area (Å²) in [5, 5.41) is 3.33. The monoisotopic (exact) mass is 280 g/mol. The van der Waals surface area contributed by atoms with Crippen LogP contribution in [0.3, 0.4) is 0 Å². The molecule has 0 saturated carbocycles. The van der Waals surface area contributed by atoms with Crippen LogP contribution < -0.4 is 5.32 Å². The van der Waals surface area contributed by atoms with Crippen LogP contribution in [0.4, 0.5) is 0 Å². The maximum atomic E-state index is 6.02. The Morgan fingerprint density at radius 2 is 2.05 bits per heavy atom. The molecule has 1 N–H and O–H groups in total. The van der Waals surface area contributed by atoms with Gasteiger partial charge >= 0.3 is 0 Å². The molecule has 0 aliphatic heterocycles.